The number of amides is 1. The van der Waals surface area contributed by atoms with Crippen molar-refractivity contribution in [2.24, 2.45) is 0 Å². The highest BCUT2D eigenvalue weighted by Gasteiger charge is 2.18. The van der Waals surface area contributed by atoms with Crippen LogP contribution in [0.4, 0.5) is 20.3 Å². The molecule has 1 aromatic carbocycles. The Morgan fingerprint density at radius 2 is 1.81 bits per heavy atom. The minimum Gasteiger partial charge on any atom is -0.356 e. The van der Waals surface area contributed by atoms with E-state index in [0.717, 1.165) is 60.8 Å². The quantitative estimate of drug-likeness (QED) is 0.650. The molecular formula is C22H24F2N6O. The molecule has 4 rings (SSSR count). The summed E-state index contributed by atoms with van der Waals surface area (Å²) in [6.45, 7) is 5.83. The van der Waals surface area contributed by atoms with Crippen molar-refractivity contribution in [3.8, 4) is 5.82 Å². The van der Waals surface area contributed by atoms with Crippen LogP contribution in [-0.2, 0) is 11.2 Å². The average molecular weight is 426 g/mol. The first-order chi connectivity index (χ1) is 14.9. The van der Waals surface area contributed by atoms with Crippen molar-refractivity contribution in [1.82, 2.24) is 19.7 Å². The lowest BCUT2D eigenvalue weighted by Crippen LogP contribution is -2.19. The number of hydrogen-bond donors (Lipinski definition) is 1. The summed E-state index contributed by atoms with van der Waals surface area (Å²) < 4.78 is 28.1. The van der Waals surface area contributed by atoms with Crippen molar-refractivity contribution >= 4 is 17.4 Å². The molecule has 7 nitrogen and oxygen atoms in total. The first-order valence-electron chi connectivity index (χ1n) is 10.3. The zero-order chi connectivity index (χ0) is 22.0. The number of nitrogens with zero attached hydrogens (tertiary/aromatic N) is 5. The van der Waals surface area contributed by atoms with Crippen molar-refractivity contribution in [1.29, 1.82) is 0 Å². The molecule has 9 heteroatoms. The van der Waals surface area contributed by atoms with E-state index in [1.807, 2.05) is 19.9 Å². The summed E-state index contributed by atoms with van der Waals surface area (Å²) in [6, 6.07) is 5.22. The smallest absolute Gasteiger partial charge is 0.224 e. The predicted molar refractivity (Wildman–Crippen MR) is 113 cm³/mol. The largest absolute Gasteiger partial charge is 0.356 e. The molecule has 1 N–H and O–H groups in total. The third-order valence-electron chi connectivity index (χ3n) is 5.53. The van der Waals surface area contributed by atoms with Crippen LogP contribution in [0.15, 0.2) is 30.6 Å². The third kappa shape index (κ3) is 4.55. The van der Waals surface area contributed by atoms with E-state index in [1.54, 1.807) is 11.0 Å². The van der Waals surface area contributed by atoms with Gasteiger partial charge in [-0.25, -0.2) is 23.4 Å². The van der Waals surface area contributed by atoms with Crippen LogP contribution in [0.2, 0.25) is 0 Å². The van der Waals surface area contributed by atoms with Crippen LogP contribution in [0.5, 0.6) is 0 Å². The molecule has 3 heterocycles. The Morgan fingerprint density at radius 1 is 1.06 bits per heavy atom. The number of rotatable bonds is 6. The minimum absolute atomic E-state index is 0.190. The first kappa shape index (κ1) is 20.9. The number of hydrogen-bond acceptors (Lipinski definition) is 5. The molecule has 0 aliphatic carbocycles. The molecule has 0 unspecified atom stereocenters. The van der Waals surface area contributed by atoms with Gasteiger partial charge < -0.3 is 10.2 Å². The van der Waals surface area contributed by atoms with Gasteiger partial charge in [0.05, 0.1) is 5.69 Å². The molecule has 0 atom stereocenters. The third-order valence-corrected chi connectivity index (χ3v) is 5.53. The molecule has 162 valence electrons. The summed E-state index contributed by atoms with van der Waals surface area (Å²) >= 11 is 0. The van der Waals surface area contributed by atoms with E-state index >= 15 is 0 Å². The molecule has 31 heavy (non-hydrogen) atoms. The lowest BCUT2D eigenvalue weighted by Gasteiger charge is -2.16. The van der Waals surface area contributed by atoms with Gasteiger partial charge in [0, 0.05) is 43.0 Å². The molecule has 0 saturated carbocycles. The minimum atomic E-state index is -0.996. The molecule has 1 amide bonds. The molecule has 0 radical (unpaired) electrons. The highest BCUT2D eigenvalue weighted by atomic mass is 19.2. The molecule has 0 spiro atoms. The SMILES string of the molecule is Cc1nn(-c2cc(N3CCCC3)ncn2)c(C)c1CCC(=O)Nc1ccc(F)c(F)c1. The van der Waals surface area contributed by atoms with Gasteiger partial charge >= 0.3 is 0 Å². The van der Waals surface area contributed by atoms with Gasteiger partial charge in [-0.2, -0.15) is 5.10 Å². The summed E-state index contributed by atoms with van der Waals surface area (Å²) in [4.78, 5) is 23.3. The van der Waals surface area contributed by atoms with Gasteiger partial charge in [0.25, 0.3) is 0 Å². The number of anilines is 2. The van der Waals surface area contributed by atoms with Gasteiger partial charge in [0.15, 0.2) is 17.5 Å². The molecule has 0 bridgehead atoms. The Balaban J connectivity index is 1.46. The average Bonchev–Trinajstić information content (AvgIpc) is 3.38. The number of halogens is 2. The fourth-order valence-corrected chi connectivity index (χ4v) is 3.87. The fraction of sp³-hybridized carbons (Fsp3) is 0.364. The molecule has 2 aromatic heterocycles. The van der Waals surface area contributed by atoms with E-state index in [0.29, 0.717) is 12.2 Å². The normalized spacial score (nSPS) is 13.6. The highest BCUT2D eigenvalue weighted by molar-refractivity contribution is 5.90. The predicted octanol–water partition coefficient (Wildman–Crippen LogP) is 3.73. The highest BCUT2D eigenvalue weighted by Crippen LogP contribution is 2.22. The number of aromatic nitrogens is 4. The van der Waals surface area contributed by atoms with E-state index in [-0.39, 0.29) is 18.0 Å². The van der Waals surface area contributed by atoms with Crippen molar-refractivity contribution in [3.05, 3.63) is 59.2 Å². The maximum absolute atomic E-state index is 13.3. The van der Waals surface area contributed by atoms with Gasteiger partial charge in [0.1, 0.15) is 12.1 Å². The summed E-state index contributed by atoms with van der Waals surface area (Å²) in [6.07, 6.45) is 4.53. The Morgan fingerprint density at radius 3 is 2.55 bits per heavy atom. The molecule has 1 aliphatic rings. The Bertz CT molecular complexity index is 1110. The standard InChI is InChI=1S/C22H24F2N6O/c1-14-17(6-8-22(31)27-16-5-7-18(23)19(24)11-16)15(2)30(28-14)21-12-20(25-13-26-21)29-9-3-4-10-29/h5,7,11-13H,3-4,6,8-10H2,1-2H3,(H,27,31). The molecule has 1 saturated heterocycles. The Kier molecular flexibility index (Phi) is 5.92. The van der Waals surface area contributed by atoms with Crippen LogP contribution in [0.1, 0.15) is 36.2 Å². The molecular weight excluding hydrogens is 402 g/mol. The molecule has 1 fully saturated rings. The second-order valence-corrected chi connectivity index (χ2v) is 7.67. The zero-order valence-electron chi connectivity index (χ0n) is 17.5. The number of carbonyl (C=O) groups excluding carboxylic acids is 1. The summed E-state index contributed by atoms with van der Waals surface area (Å²) in [5.74, 6) is -0.647. The van der Waals surface area contributed by atoms with E-state index in [4.69, 9.17) is 0 Å². The van der Waals surface area contributed by atoms with Crippen molar-refractivity contribution in [2.75, 3.05) is 23.3 Å². The molecule has 3 aromatic rings. The second kappa shape index (κ2) is 8.79. The van der Waals surface area contributed by atoms with Crippen LogP contribution in [-0.4, -0.2) is 38.7 Å². The summed E-state index contributed by atoms with van der Waals surface area (Å²) in [5.41, 5.74) is 2.91. The van der Waals surface area contributed by atoms with Gasteiger partial charge in [0.2, 0.25) is 5.91 Å². The number of nitrogens with one attached hydrogen (secondary N) is 1. The van der Waals surface area contributed by atoms with Gasteiger partial charge in [-0.15, -0.1) is 0 Å². The molecule has 1 aliphatic heterocycles. The van der Waals surface area contributed by atoms with Gasteiger partial charge in [-0.1, -0.05) is 0 Å². The monoisotopic (exact) mass is 426 g/mol. The van der Waals surface area contributed by atoms with Gasteiger partial charge in [-0.3, -0.25) is 4.79 Å². The lowest BCUT2D eigenvalue weighted by molar-refractivity contribution is -0.116. The van der Waals surface area contributed by atoms with Crippen molar-refractivity contribution in [2.45, 2.75) is 39.5 Å². The number of aryl methyl sites for hydroxylation is 1. The summed E-state index contributed by atoms with van der Waals surface area (Å²) in [5, 5.41) is 7.21. The topological polar surface area (TPSA) is 75.9 Å². The van der Waals surface area contributed by atoms with E-state index in [2.05, 4.69) is 25.3 Å². The van der Waals surface area contributed by atoms with Crippen molar-refractivity contribution < 1.29 is 13.6 Å². The van der Waals surface area contributed by atoms with Crippen molar-refractivity contribution in [3.63, 3.8) is 0 Å². The van der Waals surface area contributed by atoms with Crippen LogP contribution >= 0.6 is 0 Å². The van der Waals surface area contributed by atoms with Gasteiger partial charge in [-0.05, 0) is 50.8 Å². The van der Waals surface area contributed by atoms with Crippen LogP contribution in [0.3, 0.4) is 0 Å². The van der Waals surface area contributed by atoms with E-state index in [1.165, 1.54) is 6.07 Å². The number of carbonyl (C=O) groups is 1. The lowest BCUT2D eigenvalue weighted by atomic mass is 10.1. The maximum Gasteiger partial charge on any atom is 0.224 e. The Labute approximate surface area is 179 Å². The zero-order valence-corrected chi connectivity index (χ0v) is 17.5. The first-order valence-corrected chi connectivity index (χ1v) is 10.3. The summed E-state index contributed by atoms with van der Waals surface area (Å²) in [7, 11) is 0. The van der Waals surface area contributed by atoms with Crippen LogP contribution < -0.4 is 10.2 Å². The fourth-order valence-electron chi connectivity index (χ4n) is 3.87. The maximum atomic E-state index is 13.3. The second-order valence-electron chi connectivity index (χ2n) is 7.67. The van der Waals surface area contributed by atoms with Crippen LogP contribution in [0, 0.1) is 25.5 Å². The van der Waals surface area contributed by atoms with Crippen LogP contribution in [0.25, 0.3) is 5.82 Å². The Hall–Kier alpha value is -3.36. The van der Waals surface area contributed by atoms with E-state index < -0.39 is 11.6 Å². The number of benzene rings is 1. The van der Waals surface area contributed by atoms with E-state index in [9.17, 15) is 13.6 Å².